The smallest absolute Gasteiger partial charge is 0.0346 e. The monoisotopic (exact) mass is 216 g/mol. The maximum absolute atomic E-state index is 5.89. The summed E-state index contributed by atoms with van der Waals surface area (Å²) in [6.07, 6.45) is 3.81. The van der Waals surface area contributed by atoms with Crippen LogP contribution in [0, 0.1) is 6.92 Å². The molecule has 0 bridgehead atoms. The Bertz CT molecular complexity index is 359. The van der Waals surface area contributed by atoms with Crippen molar-refractivity contribution in [3.63, 3.8) is 0 Å². The number of nitrogen functional groups attached to an aromatic ring is 1. The molecule has 16 heavy (non-hydrogen) atoms. The van der Waals surface area contributed by atoms with Gasteiger partial charge in [0.25, 0.3) is 0 Å². The van der Waals surface area contributed by atoms with Crippen LogP contribution in [0.3, 0.4) is 0 Å². The molecule has 0 heterocycles. The molecule has 0 aliphatic rings. The van der Waals surface area contributed by atoms with Gasteiger partial charge in [0.15, 0.2) is 0 Å². The molecule has 2 nitrogen and oxygen atoms in total. The van der Waals surface area contributed by atoms with E-state index in [-0.39, 0.29) is 0 Å². The molecule has 0 unspecified atom stereocenters. The Balaban J connectivity index is 2.72. The largest absolute Gasteiger partial charge is 0.399 e. The van der Waals surface area contributed by atoms with Crippen LogP contribution < -0.4 is 5.73 Å². The van der Waals surface area contributed by atoms with Crippen molar-refractivity contribution in [1.29, 1.82) is 0 Å². The Morgan fingerprint density at radius 3 is 2.38 bits per heavy atom. The lowest BCUT2D eigenvalue weighted by atomic mass is 10.1. The molecule has 0 atom stereocenters. The quantitative estimate of drug-likeness (QED) is 0.585. The highest BCUT2D eigenvalue weighted by Gasteiger charge is 2.03. The van der Waals surface area contributed by atoms with Gasteiger partial charge in [0.2, 0.25) is 0 Å². The zero-order valence-electron chi connectivity index (χ0n) is 9.95. The molecule has 1 aromatic carbocycles. The average molecular weight is 216 g/mol. The van der Waals surface area contributed by atoms with Gasteiger partial charge in [-0.3, -0.25) is 4.90 Å². The van der Waals surface area contributed by atoms with Crippen molar-refractivity contribution in [2.75, 3.05) is 18.8 Å². The van der Waals surface area contributed by atoms with Gasteiger partial charge in [-0.15, -0.1) is 13.2 Å². The third kappa shape index (κ3) is 3.55. The number of hydrogen-bond acceptors (Lipinski definition) is 2. The lowest BCUT2D eigenvalue weighted by molar-refractivity contribution is 0.328. The molecule has 0 aliphatic carbocycles. The Hall–Kier alpha value is -1.54. The summed E-state index contributed by atoms with van der Waals surface area (Å²) in [4.78, 5) is 2.25. The Morgan fingerprint density at radius 2 is 1.88 bits per heavy atom. The van der Waals surface area contributed by atoms with E-state index in [1.54, 1.807) is 0 Å². The first kappa shape index (κ1) is 12.5. The van der Waals surface area contributed by atoms with E-state index in [1.807, 2.05) is 25.1 Å². The molecule has 0 amide bonds. The van der Waals surface area contributed by atoms with E-state index in [1.165, 1.54) is 5.56 Å². The number of aryl methyl sites for hydroxylation is 1. The summed E-state index contributed by atoms with van der Waals surface area (Å²) in [6.45, 7) is 12.1. The number of benzene rings is 1. The average Bonchev–Trinajstić information content (AvgIpc) is 2.24. The van der Waals surface area contributed by atoms with Gasteiger partial charge in [0.05, 0.1) is 0 Å². The topological polar surface area (TPSA) is 29.3 Å². The molecule has 0 spiro atoms. The third-order valence-corrected chi connectivity index (χ3v) is 2.52. The van der Waals surface area contributed by atoms with Gasteiger partial charge in [-0.25, -0.2) is 0 Å². The van der Waals surface area contributed by atoms with Gasteiger partial charge in [-0.2, -0.15) is 0 Å². The highest BCUT2D eigenvalue weighted by atomic mass is 15.1. The van der Waals surface area contributed by atoms with Crippen molar-refractivity contribution >= 4 is 5.69 Å². The lowest BCUT2D eigenvalue weighted by Crippen LogP contribution is -2.23. The maximum Gasteiger partial charge on any atom is 0.0346 e. The molecular weight excluding hydrogens is 196 g/mol. The Morgan fingerprint density at radius 1 is 1.25 bits per heavy atom. The molecule has 0 fully saturated rings. The van der Waals surface area contributed by atoms with Gasteiger partial charge >= 0.3 is 0 Å². The Kier molecular flexibility index (Phi) is 4.80. The minimum atomic E-state index is 0.856. The van der Waals surface area contributed by atoms with Crippen molar-refractivity contribution in [2.24, 2.45) is 0 Å². The number of nitrogens with zero attached hydrogens (tertiary/aromatic N) is 1. The second-order valence-corrected chi connectivity index (χ2v) is 3.96. The standard InChI is InChI=1S/C14H20N2/c1-4-8-16(9-5-2)11-13-7-6-12(3)14(15)10-13/h4-7,10H,1-2,8-9,11,15H2,3H3. The summed E-state index contributed by atoms with van der Waals surface area (Å²) < 4.78 is 0. The first-order valence-corrected chi connectivity index (χ1v) is 5.46. The van der Waals surface area contributed by atoms with Gasteiger partial charge < -0.3 is 5.73 Å². The first-order valence-electron chi connectivity index (χ1n) is 5.46. The van der Waals surface area contributed by atoms with E-state index in [2.05, 4.69) is 30.2 Å². The van der Waals surface area contributed by atoms with E-state index in [0.29, 0.717) is 0 Å². The number of nitrogens with two attached hydrogens (primary N) is 1. The normalized spacial score (nSPS) is 10.4. The van der Waals surface area contributed by atoms with E-state index in [9.17, 15) is 0 Å². The fourth-order valence-corrected chi connectivity index (χ4v) is 1.62. The molecule has 0 aliphatic heterocycles. The number of hydrogen-bond donors (Lipinski definition) is 1. The van der Waals surface area contributed by atoms with Crippen LogP contribution in [0.25, 0.3) is 0 Å². The summed E-state index contributed by atoms with van der Waals surface area (Å²) >= 11 is 0. The second kappa shape index (κ2) is 6.13. The molecule has 0 aromatic heterocycles. The first-order chi connectivity index (χ1) is 7.67. The van der Waals surface area contributed by atoms with Crippen LogP contribution in [0.1, 0.15) is 11.1 Å². The molecule has 86 valence electrons. The van der Waals surface area contributed by atoms with E-state index >= 15 is 0 Å². The fraction of sp³-hybridized carbons (Fsp3) is 0.286. The minimum Gasteiger partial charge on any atom is -0.399 e. The predicted molar refractivity (Wildman–Crippen MR) is 71.3 cm³/mol. The van der Waals surface area contributed by atoms with Crippen LogP contribution in [0.4, 0.5) is 5.69 Å². The van der Waals surface area contributed by atoms with Crippen LogP contribution >= 0.6 is 0 Å². The van der Waals surface area contributed by atoms with Crippen molar-refractivity contribution in [1.82, 2.24) is 4.90 Å². The highest BCUT2D eigenvalue weighted by Crippen LogP contribution is 2.14. The second-order valence-electron chi connectivity index (χ2n) is 3.96. The van der Waals surface area contributed by atoms with Crippen molar-refractivity contribution in [2.45, 2.75) is 13.5 Å². The Labute approximate surface area is 98.1 Å². The van der Waals surface area contributed by atoms with E-state index in [4.69, 9.17) is 5.73 Å². The molecule has 1 rings (SSSR count). The number of rotatable bonds is 6. The molecule has 0 radical (unpaired) electrons. The van der Waals surface area contributed by atoms with Crippen LogP contribution in [0.15, 0.2) is 43.5 Å². The molecule has 1 aromatic rings. The van der Waals surface area contributed by atoms with Gasteiger partial charge in [-0.05, 0) is 24.1 Å². The zero-order chi connectivity index (χ0) is 12.0. The van der Waals surface area contributed by atoms with E-state index in [0.717, 1.165) is 30.9 Å². The molecule has 2 heteroatoms. The number of anilines is 1. The van der Waals surface area contributed by atoms with Crippen LogP contribution in [-0.2, 0) is 6.54 Å². The third-order valence-electron chi connectivity index (χ3n) is 2.52. The highest BCUT2D eigenvalue weighted by molar-refractivity contribution is 5.48. The van der Waals surface area contributed by atoms with Gasteiger partial charge in [0.1, 0.15) is 0 Å². The van der Waals surface area contributed by atoms with Crippen molar-refractivity contribution in [3.8, 4) is 0 Å². The summed E-state index contributed by atoms with van der Waals surface area (Å²) in [7, 11) is 0. The minimum absolute atomic E-state index is 0.856. The molecule has 2 N–H and O–H groups in total. The van der Waals surface area contributed by atoms with Gasteiger partial charge in [-0.1, -0.05) is 24.3 Å². The van der Waals surface area contributed by atoms with Crippen molar-refractivity contribution < 1.29 is 0 Å². The SMILES string of the molecule is C=CCN(CC=C)Cc1ccc(C)c(N)c1. The summed E-state index contributed by atoms with van der Waals surface area (Å²) in [5.74, 6) is 0. The molecular formula is C14H20N2. The van der Waals surface area contributed by atoms with Crippen LogP contribution in [0.5, 0.6) is 0 Å². The predicted octanol–water partition coefficient (Wildman–Crippen LogP) is 2.75. The summed E-state index contributed by atoms with van der Waals surface area (Å²) in [5.41, 5.74) is 9.10. The fourth-order valence-electron chi connectivity index (χ4n) is 1.62. The van der Waals surface area contributed by atoms with Gasteiger partial charge in [0, 0.05) is 25.3 Å². The van der Waals surface area contributed by atoms with E-state index < -0.39 is 0 Å². The van der Waals surface area contributed by atoms with Crippen LogP contribution in [-0.4, -0.2) is 18.0 Å². The summed E-state index contributed by atoms with van der Waals surface area (Å²) in [6, 6.07) is 6.21. The lowest BCUT2D eigenvalue weighted by Gasteiger charge is -2.19. The van der Waals surface area contributed by atoms with Crippen LogP contribution in [0.2, 0.25) is 0 Å². The maximum atomic E-state index is 5.89. The zero-order valence-corrected chi connectivity index (χ0v) is 9.95. The molecule has 0 saturated heterocycles. The summed E-state index contributed by atoms with van der Waals surface area (Å²) in [5, 5.41) is 0. The van der Waals surface area contributed by atoms with Crippen molar-refractivity contribution in [3.05, 3.63) is 54.6 Å². The molecule has 0 saturated carbocycles.